The quantitative estimate of drug-likeness (QED) is 0.322. The van der Waals surface area contributed by atoms with Crippen LogP contribution in [0.5, 0.6) is 5.75 Å². The summed E-state index contributed by atoms with van der Waals surface area (Å²) in [6.07, 6.45) is -2.96. The first-order chi connectivity index (χ1) is 12.0. The molecule has 0 aromatic heterocycles. The molecule has 0 amide bonds. The van der Waals surface area contributed by atoms with E-state index in [1.807, 2.05) is 0 Å². The summed E-state index contributed by atoms with van der Waals surface area (Å²) in [5.74, 6) is -1.20. The van der Waals surface area contributed by atoms with Crippen molar-refractivity contribution in [1.29, 1.82) is 0 Å². The first kappa shape index (κ1) is 17.1. The van der Waals surface area contributed by atoms with Crippen LogP contribution in [0.2, 0.25) is 0 Å². The molecule has 0 aliphatic carbocycles. The second kappa shape index (κ2) is 7.03. The minimum absolute atomic E-state index is 0.0222. The molecule has 1 aromatic rings. The van der Waals surface area contributed by atoms with Gasteiger partial charge in [0.2, 0.25) is 0 Å². The maximum Gasteiger partial charge on any atom is 0.342 e. The van der Waals surface area contributed by atoms with Gasteiger partial charge in [0.05, 0.1) is 13.2 Å². The van der Waals surface area contributed by atoms with Gasteiger partial charge >= 0.3 is 11.9 Å². The monoisotopic (exact) mass is 353 g/mol. The molecular formula is C15H15NO9. The second-order valence-corrected chi connectivity index (χ2v) is 5.50. The Bertz CT molecular complexity index is 691. The number of benzene rings is 1. The molecule has 2 fully saturated rings. The van der Waals surface area contributed by atoms with Gasteiger partial charge in [0, 0.05) is 6.92 Å². The predicted molar refractivity (Wildman–Crippen MR) is 78.3 cm³/mol. The van der Waals surface area contributed by atoms with E-state index >= 15 is 0 Å². The minimum atomic E-state index is -0.908. The molecule has 4 atom stereocenters. The number of para-hydroxylation sites is 1. The third-order valence-corrected chi connectivity index (χ3v) is 3.80. The number of carbonyl (C=O) groups excluding carboxylic acids is 2. The van der Waals surface area contributed by atoms with Crippen molar-refractivity contribution in [1.82, 2.24) is 0 Å². The van der Waals surface area contributed by atoms with Crippen LogP contribution in [0.3, 0.4) is 0 Å². The van der Waals surface area contributed by atoms with Crippen LogP contribution in [0.15, 0.2) is 24.3 Å². The number of fused-ring (bicyclic) bond motifs is 1. The van der Waals surface area contributed by atoms with Crippen molar-refractivity contribution in [2.45, 2.75) is 31.3 Å². The first-order valence-corrected chi connectivity index (χ1v) is 7.48. The number of carbonyl (C=O) groups is 2. The second-order valence-electron chi connectivity index (χ2n) is 5.50. The van der Waals surface area contributed by atoms with Crippen LogP contribution in [0.1, 0.15) is 17.3 Å². The van der Waals surface area contributed by atoms with E-state index in [0.717, 1.165) is 0 Å². The molecule has 10 heteroatoms. The largest absolute Gasteiger partial charge is 0.453 e. The lowest BCUT2D eigenvalue weighted by molar-refractivity contribution is -0.769. The maximum atomic E-state index is 12.4. The summed E-state index contributed by atoms with van der Waals surface area (Å²) in [6, 6.07) is 6.15. The molecule has 0 saturated carbocycles. The Balaban J connectivity index is 1.67. The van der Waals surface area contributed by atoms with Gasteiger partial charge < -0.3 is 23.8 Å². The number of rotatable bonds is 5. The normalized spacial score (nSPS) is 27.4. The zero-order valence-corrected chi connectivity index (χ0v) is 13.2. The third-order valence-electron chi connectivity index (χ3n) is 3.80. The highest BCUT2D eigenvalue weighted by atomic mass is 17.0. The summed E-state index contributed by atoms with van der Waals surface area (Å²) in [4.78, 5) is 38.5. The molecule has 3 rings (SSSR count). The topological polar surface area (TPSA) is 123 Å². The molecule has 0 radical (unpaired) electrons. The summed E-state index contributed by atoms with van der Waals surface area (Å²) in [7, 11) is 0. The molecule has 134 valence electrons. The molecule has 0 spiro atoms. The van der Waals surface area contributed by atoms with E-state index in [9.17, 15) is 19.7 Å². The number of nitrogens with zero attached hydrogens (tertiary/aromatic N) is 1. The minimum Gasteiger partial charge on any atom is -0.453 e. The van der Waals surface area contributed by atoms with Crippen LogP contribution in [0.4, 0.5) is 0 Å². The van der Waals surface area contributed by atoms with Crippen molar-refractivity contribution in [3.05, 3.63) is 39.9 Å². The van der Waals surface area contributed by atoms with Crippen molar-refractivity contribution in [3.8, 4) is 5.75 Å². The van der Waals surface area contributed by atoms with E-state index in [2.05, 4.69) is 4.84 Å². The van der Waals surface area contributed by atoms with Crippen molar-refractivity contribution in [3.63, 3.8) is 0 Å². The van der Waals surface area contributed by atoms with Gasteiger partial charge in [0.25, 0.3) is 5.09 Å². The zero-order valence-electron chi connectivity index (χ0n) is 13.2. The van der Waals surface area contributed by atoms with Crippen molar-refractivity contribution in [2.75, 3.05) is 13.2 Å². The molecule has 2 saturated heterocycles. The molecule has 2 aliphatic rings. The summed E-state index contributed by atoms with van der Waals surface area (Å²) < 4.78 is 21.2. The predicted octanol–water partition coefficient (Wildman–Crippen LogP) is 0.512. The Morgan fingerprint density at radius 3 is 2.48 bits per heavy atom. The zero-order chi connectivity index (χ0) is 18.0. The van der Waals surface area contributed by atoms with Gasteiger partial charge in [0.15, 0.2) is 12.2 Å². The van der Waals surface area contributed by atoms with E-state index in [-0.39, 0.29) is 24.5 Å². The van der Waals surface area contributed by atoms with Crippen LogP contribution >= 0.6 is 0 Å². The van der Waals surface area contributed by atoms with Crippen molar-refractivity contribution >= 4 is 11.9 Å². The fraction of sp³-hybridized carbons (Fsp3) is 0.467. The van der Waals surface area contributed by atoms with E-state index in [0.29, 0.717) is 0 Å². The molecule has 2 aliphatic heterocycles. The average Bonchev–Trinajstić information content (AvgIpc) is 3.11. The van der Waals surface area contributed by atoms with Gasteiger partial charge in [-0.3, -0.25) is 4.79 Å². The first-order valence-electron chi connectivity index (χ1n) is 7.48. The van der Waals surface area contributed by atoms with Crippen molar-refractivity contribution in [2.24, 2.45) is 0 Å². The van der Waals surface area contributed by atoms with Crippen LogP contribution in [0.25, 0.3) is 0 Å². The highest BCUT2D eigenvalue weighted by molar-refractivity contribution is 5.93. The molecule has 25 heavy (non-hydrogen) atoms. The molecule has 10 nitrogen and oxygen atoms in total. The average molecular weight is 353 g/mol. The van der Waals surface area contributed by atoms with Gasteiger partial charge in [-0.25, -0.2) is 4.79 Å². The Hall–Kier alpha value is -2.72. The van der Waals surface area contributed by atoms with Crippen LogP contribution < -0.4 is 4.74 Å². The van der Waals surface area contributed by atoms with Gasteiger partial charge in [0.1, 0.15) is 23.5 Å². The van der Waals surface area contributed by atoms with Gasteiger partial charge in [-0.2, -0.15) is 0 Å². The maximum absolute atomic E-state index is 12.4. The third kappa shape index (κ3) is 3.69. The van der Waals surface area contributed by atoms with Gasteiger partial charge in [-0.15, -0.1) is 10.1 Å². The van der Waals surface area contributed by atoms with Crippen molar-refractivity contribution < 1.29 is 38.5 Å². The Morgan fingerprint density at radius 2 is 1.80 bits per heavy atom. The lowest BCUT2D eigenvalue weighted by Crippen LogP contribution is -2.35. The molecule has 0 bridgehead atoms. The number of hydrogen-bond acceptors (Lipinski definition) is 9. The lowest BCUT2D eigenvalue weighted by Gasteiger charge is -2.17. The fourth-order valence-electron chi connectivity index (χ4n) is 2.81. The molecule has 2 heterocycles. The Kier molecular flexibility index (Phi) is 4.81. The van der Waals surface area contributed by atoms with Crippen LogP contribution in [-0.4, -0.2) is 54.7 Å². The fourth-order valence-corrected chi connectivity index (χ4v) is 2.81. The standard InChI is InChI=1S/C15H15NO9/c1-8(17)23-10-5-3-2-4-9(10)15(18)24-11-6-21-14-12(25-16(19)20)7-22-13(11)14/h2-5,11-14H,6-7H2,1H3. The summed E-state index contributed by atoms with van der Waals surface area (Å²) in [5, 5.41) is 9.55. The number of hydrogen-bond donors (Lipinski definition) is 0. The van der Waals surface area contributed by atoms with Crippen LogP contribution in [0, 0.1) is 10.1 Å². The smallest absolute Gasteiger partial charge is 0.342 e. The van der Waals surface area contributed by atoms with Gasteiger partial charge in [-0.05, 0) is 12.1 Å². The Morgan fingerprint density at radius 1 is 1.16 bits per heavy atom. The number of esters is 2. The summed E-state index contributed by atoms with van der Waals surface area (Å²) in [6.45, 7) is 1.21. The highest BCUT2D eigenvalue weighted by Crippen LogP contribution is 2.31. The SMILES string of the molecule is CC(=O)Oc1ccccc1C(=O)OC1COC2C(O[N+](=O)[O-])COC12. The van der Waals surface area contributed by atoms with E-state index in [1.54, 1.807) is 12.1 Å². The molecule has 0 N–H and O–H groups in total. The summed E-state index contributed by atoms with van der Waals surface area (Å²) >= 11 is 0. The van der Waals surface area contributed by atoms with E-state index in [1.165, 1.54) is 19.1 Å². The van der Waals surface area contributed by atoms with Crippen LogP contribution in [-0.2, 0) is 23.8 Å². The molecular weight excluding hydrogens is 338 g/mol. The van der Waals surface area contributed by atoms with E-state index in [4.69, 9.17) is 18.9 Å². The Labute approximate surface area is 141 Å². The highest BCUT2D eigenvalue weighted by Gasteiger charge is 2.51. The number of ether oxygens (including phenoxy) is 4. The van der Waals surface area contributed by atoms with Gasteiger partial charge in [-0.1, -0.05) is 12.1 Å². The summed E-state index contributed by atoms with van der Waals surface area (Å²) in [5.41, 5.74) is 0.0808. The molecule has 1 aromatic carbocycles. The lowest BCUT2D eigenvalue weighted by atomic mass is 10.1. The molecule has 4 unspecified atom stereocenters. The van der Waals surface area contributed by atoms with E-state index < -0.39 is 41.4 Å².